The zero-order valence-electron chi connectivity index (χ0n) is 13.8. The minimum atomic E-state index is -1.06. The van der Waals surface area contributed by atoms with Gasteiger partial charge in [-0.3, -0.25) is 9.69 Å². The molecule has 1 saturated heterocycles. The average Bonchev–Trinajstić information content (AvgIpc) is 2.60. The van der Waals surface area contributed by atoms with Gasteiger partial charge in [-0.15, -0.1) is 0 Å². The van der Waals surface area contributed by atoms with Crippen LogP contribution >= 0.6 is 0 Å². The average molecular weight is 330 g/mol. The molecule has 1 aliphatic rings. The summed E-state index contributed by atoms with van der Waals surface area (Å²) in [6.07, 6.45) is 0.820. The molecule has 1 heterocycles. The predicted octanol–water partition coefficient (Wildman–Crippen LogP) is 1.77. The summed E-state index contributed by atoms with van der Waals surface area (Å²) in [6.45, 7) is 5.75. The molecule has 1 aromatic carbocycles. The number of piperazine rings is 1. The Kier molecular flexibility index (Phi) is 6.15. The third kappa shape index (κ3) is 4.46. The van der Waals surface area contributed by atoms with E-state index in [0.717, 1.165) is 38.4 Å². The Morgan fingerprint density at radius 2 is 2.00 bits per heavy atom. The summed E-state index contributed by atoms with van der Waals surface area (Å²) in [6, 6.07) is 7.24. The van der Waals surface area contributed by atoms with Crippen molar-refractivity contribution in [2.45, 2.75) is 19.8 Å². The molecule has 0 atom stereocenters. The van der Waals surface area contributed by atoms with Gasteiger partial charge in [-0.2, -0.15) is 5.26 Å². The van der Waals surface area contributed by atoms with E-state index in [2.05, 4.69) is 21.2 Å². The summed E-state index contributed by atoms with van der Waals surface area (Å²) in [7, 11) is 0. The second kappa shape index (κ2) is 8.31. The predicted molar refractivity (Wildman–Crippen MR) is 91.2 cm³/mol. The Hall–Kier alpha value is -2.59. The van der Waals surface area contributed by atoms with Crippen LogP contribution in [0.15, 0.2) is 18.2 Å². The first-order valence-electron chi connectivity index (χ1n) is 8.06. The molecular weight excluding hydrogens is 308 g/mol. The first-order valence-corrected chi connectivity index (χ1v) is 8.06. The highest BCUT2D eigenvalue weighted by Crippen LogP contribution is 2.24. The number of nitriles is 1. The van der Waals surface area contributed by atoms with E-state index in [4.69, 9.17) is 5.26 Å². The smallest absolute Gasteiger partial charge is 0.337 e. The molecule has 24 heavy (non-hydrogen) atoms. The van der Waals surface area contributed by atoms with Gasteiger partial charge in [0.2, 0.25) is 5.91 Å². The second-order valence-electron chi connectivity index (χ2n) is 5.67. The lowest BCUT2D eigenvalue weighted by molar-refractivity contribution is -0.115. The number of carboxylic acids is 1. The van der Waals surface area contributed by atoms with Crippen LogP contribution in [0.2, 0.25) is 0 Å². The van der Waals surface area contributed by atoms with Gasteiger partial charge in [0.15, 0.2) is 0 Å². The standard InChI is InChI=1S/C17H22N4O3/c1-2-16(22)19-15-5-4-13(12-14(15)17(23)24)21-10-8-20(9-11-21)7-3-6-18/h4-5,12H,2-3,7-11H2,1H3,(H,19,22)(H,23,24). The van der Waals surface area contributed by atoms with Crippen LogP contribution in [0.5, 0.6) is 0 Å². The largest absolute Gasteiger partial charge is 0.478 e. The van der Waals surface area contributed by atoms with Gasteiger partial charge >= 0.3 is 5.97 Å². The third-order valence-electron chi connectivity index (χ3n) is 4.11. The van der Waals surface area contributed by atoms with Crippen LogP contribution < -0.4 is 10.2 Å². The van der Waals surface area contributed by atoms with Gasteiger partial charge in [0.1, 0.15) is 0 Å². The third-order valence-corrected chi connectivity index (χ3v) is 4.11. The number of hydrogen-bond donors (Lipinski definition) is 2. The van der Waals surface area contributed by atoms with Crippen molar-refractivity contribution in [2.75, 3.05) is 42.9 Å². The molecule has 0 aliphatic carbocycles. The number of amides is 1. The summed E-state index contributed by atoms with van der Waals surface area (Å²) in [5.74, 6) is -1.27. The van der Waals surface area contributed by atoms with Crippen molar-refractivity contribution in [2.24, 2.45) is 0 Å². The Bertz CT molecular complexity index is 646. The highest BCUT2D eigenvalue weighted by molar-refractivity contribution is 6.01. The summed E-state index contributed by atoms with van der Waals surface area (Å²) in [5.41, 5.74) is 1.26. The molecule has 1 fully saturated rings. The molecule has 0 spiro atoms. The molecule has 2 N–H and O–H groups in total. The Labute approximate surface area is 141 Å². The highest BCUT2D eigenvalue weighted by Gasteiger charge is 2.19. The molecule has 1 aliphatic heterocycles. The van der Waals surface area contributed by atoms with Gasteiger partial charge in [-0.05, 0) is 18.2 Å². The van der Waals surface area contributed by atoms with Gasteiger partial charge in [-0.25, -0.2) is 4.79 Å². The molecule has 1 amide bonds. The SMILES string of the molecule is CCC(=O)Nc1ccc(N2CCN(CCC#N)CC2)cc1C(=O)O. The van der Waals surface area contributed by atoms with Crippen molar-refractivity contribution < 1.29 is 14.7 Å². The van der Waals surface area contributed by atoms with E-state index in [0.29, 0.717) is 18.5 Å². The van der Waals surface area contributed by atoms with Crippen LogP contribution in [-0.2, 0) is 4.79 Å². The van der Waals surface area contributed by atoms with Gasteiger partial charge in [0.05, 0.1) is 17.3 Å². The zero-order chi connectivity index (χ0) is 17.5. The van der Waals surface area contributed by atoms with Crippen LogP contribution in [0.25, 0.3) is 0 Å². The van der Waals surface area contributed by atoms with Crippen molar-refractivity contribution >= 4 is 23.3 Å². The second-order valence-corrected chi connectivity index (χ2v) is 5.67. The minimum absolute atomic E-state index is 0.0983. The molecule has 0 unspecified atom stereocenters. The normalized spacial score (nSPS) is 14.9. The topological polar surface area (TPSA) is 96.7 Å². The van der Waals surface area contributed by atoms with Crippen LogP contribution in [0.1, 0.15) is 30.1 Å². The van der Waals surface area contributed by atoms with E-state index < -0.39 is 5.97 Å². The molecule has 1 aromatic rings. The maximum atomic E-state index is 11.5. The Morgan fingerprint density at radius 3 is 2.58 bits per heavy atom. The Balaban J connectivity index is 2.09. The monoisotopic (exact) mass is 330 g/mol. The molecule has 0 bridgehead atoms. The molecule has 7 heteroatoms. The summed E-state index contributed by atoms with van der Waals surface area (Å²) in [4.78, 5) is 27.4. The van der Waals surface area contributed by atoms with E-state index in [1.54, 1.807) is 19.1 Å². The van der Waals surface area contributed by atoms with E-state index in [1.165, 1.54) is 0 Å². The molecule has 0 radical (unpaired) electrons. The number of hydrogen-bond acceptors (Lipinski definition) is 5. The number of nitrogens with one attached hydrogen (secondary N) is 1. The van der Waals surface area contributed by atoms with Gasteiger partial charge in [0, 0.05) is 51.3 Å². The van der Waals surface area contributed by atoms with Crippen LogP contribution in [-0.4, -0.2) is 54.6 Å². The minimum Gasteiger partial charge on any atom is -0.478 e. The molecule has 0 aromatic heterocycles. The van der Waals surface area contributed by atoms with Crippen molar-refractivity contribution in [1.82, 2.24) is 4.90 Å². The number of carbonyl (C=O) groups is 2. The number of anilines is 2. The number of carboxylic acid groups (broad SMARTS) is 1. The molecule has 7 nitrogen and oxygen atoms in total. The fourth-order valence-electron chi connectivity index (χ4n) is 2.69. The number of nitrogens with zero attached hydrogens (tertiary/aromatic N) is 3. The summed E-state index contributed by atoms with van der Waals surface area (Å²) in [5, 5.41) is 20.7. The maximum absolute atomic E-state index is 11.5. The maximum Gasteiger partial charge on any atom is 0.337 e. The first-order chi connectivity index (χ1) is 11.5. The van der Waals surface area contributed by atoms with E-state index in [1.807, 2.05) is 6.07 Å². The van der Waals surface area contributed by atoms with Crippen LogP contribution in [0.4, 0.5) is 11.4 Å². The highest BCUT2D eigenvalue weighted by atomic mass is 16.4. The van der Waals surface area contributed by atoms with Gasteiger partial charge in [-0.1, -0.05) is 6.92 Å². The number of carbonyl (C=O) groups excluding carboxylic acids is 1. The molecule has 2 rings (SSSR count). The van der Waals surface area contributed by atoms with Gasteiger partial charge < -0.3 is 15.3 Å². The number of rotatable bonds is 6. The summed E-state index contributed by atoms with van der Waals surface area (Å²) < 4.78 is 0. The Morgan fingerprint density at radius 1 is 1.29 bits per heavy atom. The van der Waals surface area contributed by atoms with Crippen molar-refractivity contribution in [3.8, 4) is 6.07 Å². The van der Waals surface area contributed by atoms with Gasteiger partial charge in [0.25, 0.3) is 0 Å². The van der Waals surface area contributed by atoms with Crippen molar-refractivity contribution in [3.63, 3.8) is 0 Å². The lowest BCUT2D eigenvalue weighted by Crippen LogP contribution is -2.46. The zero-order valence-corrected chi connectivity index (χ0v) is 13.8. The molecule has 128 valence electrons. The van der Waals surface area contributed by atoms with Crippen LogP contribution in [0.3, 0.4) is 0 Å². The fraction of sp³-hybridized carbons (Fsp3) is 0.471. The molecule has 0 saturated carbocycles. The van der Waals surface area contributed by atoms with E-state index in [-0.39, 0.29) is 11.5 Å². The fourth-order valence-corrected chi connectivity index (χ4v) is 2.69. The quantitative estimate of drug-likeness (QED) is 0.825. The van der Waals surface area contributed by atoms with Crippen molar-refractivity contribution in [1.29, 1.82) is 5.26 Å². The first kappa shape index (κ1) is 17.8. The molecular formula is C17H22N4O3. The number of aromatic carboxylic acids is 1. The van der Waals surface area contributed by atoms with E-state index in [9.17, 15) is 14.7 Å². The summed E-state index contributed by atoms with van der Waals surface area (Å²) >= 11 is 0. The van der Waals surface area contributed by atoms with Crippen LogP contribution in [0, 0.1) is 11.3 Å². The lowest BCUT2D eigenvalue weighted by Gasteiger charge is -2.36. The number of benzene rings is 1. The van der Waals surface area contributed by atoms with E-state index >= 15 is 0 Å². The van der Waals surface area contributed by atoms with Crippen molar-refractivity contribution in [3.05, 3.63) is 23.8 Å². The lowest BCUT2D eigenvalue weighted by atomic mass is 10.1.